The number of aliphatic hydroxyl groups is 1. The van der Waals surface area contributed by atoms with Crippen LogP contribution in [0.1, 0.15) is 18.1 Å². The normalized spacial score (nSPS) is 13.2. The summed E-state index contributed by atoms with van der Waals surface area (Å²) in [5.74, 6) is 0.260. The van der Waals surface area contributed by atoms with E-state index in [1.807, 2.05) is 37.0 Å². The number of nitrogens with one attached hydrogen (secondary N) is 2. The zero-order valence-corrected chi connectivity index (χ0v) is 16.5. The zero-order valence-electron chi connectivity index (χ0n) is 16.5. The number of benzene rings is 1. The van der Waals surface area contributed by atoms with Crippen molar-refractivity contribution in [2.45, 2.75) is 26.3 Å². The molecule has 0 bridgehead atoms. The minimum absolute atomic E-state index is 0.0636. The lowest BCUT2D eigenvalue weighted by atomic mass is 10.00. The highest BCUT2D eigenvalue weighted by Gasteiger charge is 2.30. The number of rotatable bonds is 9. The van der Waals surface area contributed by atoms with Crippen LogP contribution in [0.15, 0.2) is 47.7 Å². The van der Waals surface area contributed by atoms with E-state index in [1.165, 1.54) is 12.1 Å². The van der Waals surface area contributed by atoms with Gasteiger partial charge in [-0.1, -0.05) is 12.1 Å². The largest absolute Gasteiger partial charge is 0.573 e. The predicted octanol–water partition coefficient (Wildman–Crippen LogP) is 2.83. The molecular weight excluding hydrogens is 385 g/mol. The molecule has 3 N–H and O–H groups in total. The van der Waals surface area contributed by atoms with Crippen molar-refractivity contribution in [2.75, 3.05) is 19.7 Å². The van der Waals surface area contributed by atoms with Gasteiger partial charge in [0.2, 0.25) is 0 Å². The molecular formula is C20H27F3N4O2. The highest BCUT2D eigenvalue weighted by Crippen LogP contribution is 2.23. The average molecular weight is 412 g/mol. The van der Waals surface area contributed by atoms with Crippen molar-refractivity contribution < 1.29 is 23.0 Å². The second-order valence-corrected chi connectivity index (χ2v) is 6.71. The number of hydrogen-bond acceptors (Lipinski definition) is 3. The maximum atomic E-state index is 12.2. The Bertz CT molecular complexity index is 773. The molecule has 2 aromatic rings. The van der Waals surface area contributed by atoms with Crippen molar-refractivity contribution in [3.8, 4) is 5.75 Å². The van der Waals surface area contributed by atoms with Gasteiger partial charge in [-0.3, -0.25) is 0 Å². The molecule has 0 radical (unpaired) electrons. The average Bonchev–Trinajstić information content (AvgIpc) is 3.08. The first-order valence-corrected chi connectivity index (χ1v) is 9.37. The van der Waals surface area contributed by atoms with Crippen molar-refractivity contribution in [3.05, 3.63) is 53.9 Å². The molecule has 1 unspecified atom stereocenters. The fourth-order valence-electron chi connectivity index (χ4n) is 2.77. The number of ether oxygens (including phenoxy) is 1. The molecule has 29 heavy (non-hydrogen) atoms. The monoisotopic (exact) mass is 412 g/mol. The molecule has 0 saturated heterocycles. The van der Waals surface area contributed by atoms with E-state index in [2.05, 4.69) is 20.4 Å². The number of guanidine groups is 1. The van der Waals surface area contributed by atoms with Crippen LogP contribution < -0.4 is 15.4 Å². The van der Waals surface area contributed by atoms with Crippen molar-refractivity contribution in [3.63, 3.8) is 0 Å². The Morgan fingerprint density at radius 3 is 2.45 bits per heavy atom. The van der Waals surface area contributed by atoms with Crippen LogP contribution >= 0.6 is 0 Å². The van der Waals surface area contributed by atoms with E-state index in [-0.39, 0.29) is 18.3 Å². The first kappa shape index (κ1) is 22.6. The third kappa shape index (κ3) is 8.47. The Kier molecular flexibility index (Phi) is 8.38. The molecule has 0 aliphatic carbocycles. The molecule has 0 fully saturated rings. The number of aliphatic hydroxyl groups excluding tert-OH is 1. The van der Waals surface area contributed by atoms with Crippen molar-refractivity contribution in [1.29, 1.82) is 0 Å². The molecule has 0 aliphatic heterocycles. The van der Waals surface area contributed by atoms with E-state index >= 15 is 0 Å². The molecule has 2 rings (SSSR count). The Morgan fingerprint density at radius 1 is 1.17 bits per heavy atom. The number of aliphatic imine (C=N–C) groups is 1. The molecule has 0 spiro atoms. The number of alkyl halides is 3. The topological polar surface area (TPSA) is 70.8 Å². The summed E-state index contributed by atoms with van der Waals surface area (Å²) in [6, 6.07) is 7.68. The van der Waals surface area contributed by atoms with E-state index in [9.17, 15) is 18.3 Å². The van der Waals surface area contributed by atoms with Gasteiger partial charge in [0, 0.05) is 45.1 Å². The smallest absolute Gasteiger partial charge is 0.406 e. The quantitative estimate of drug-likeness (QED) is 0.438. The Balaban J connectivity index is 1.90. The van der Waals surface area contributed by atoms with Crippen LogP contribution in [-0.2, 0) is 20.0 Å². The van der Waals surface area contributed by atoms with Gasteiger partial charge in [-0.2, -0.15) is 0 Å². The van der Waals surface area contributed by atoms with Crippen molar-refractivity contribution in [2.24, 2.45) is 18.0 Å². The van der Waals surface area contributed by atoms with Crippen molar-refractivity contribution in [1.82, 2.24) is 15.2 Å². The maximum Gasteiger partial charge on any atom is 0.573 e. The van der Waals surface area contributed by atoms with Gasteiger partial charge in [-0.25, -0.2) is 4.99 Å². The summed E-state index contributed by atoms with van der Waals surface area (Å²) in [7, 11) is 1.95. The highest BCUT2D eigenvalue weighted by molar-refractivity contribution is 5.79. The molecule has 0 saturated carbocycles. The highest BCUT2D eigenvalue weighted by atomic mass is 19.4. The van der Waals surface area contributed by atoms with Gasteiger partial charge in [0.25, 0.3) is 0 Å². The zero-order chi connectivity index (χ0) is 21.3. The maximum absolute atomic E-state index is 12.2. The molecule has 6 nitrogen and oxygen atoms in total. The lowest BCUT2D eigenvalue weighted by Crippen LogP contribution is -2.40. The standard InChI is InChI=1S/C20H27F3N4O2/c1-3-24-19(25-11-16-8-9-27(2)13-16)26-12-17(14-28)10-15-4-6-18(7-5-15)29-20(21,22)23/h4-9,13,17,28H,3,10-12,14H2,1-2H3,(H2,24,25,26). The third-order valence-corrected chi connectivity index (χ3v) is 4.15. The minimum Gasteiger partial charge on any atom is -0.406 e. The van der Waals surface area contributed by atoms with Crippen LogP contribution in [0.25, 0.3) is 0 Å². The molecule has 1 aromatic carbocycles. The van der Waals surface area contributed by atoms with E-state index in [0.29, 0.717) is 32.0 Å². The van der Waals surface area contributed by atoms with E-state index in [1.54, 1.807) is 12.1 Å². The Hall–Kier alpha value is -2.68. The first-order chi connectivity index (χ1) is 13.8. The number of hydrogen-bond donors (Lipinski definition) is 3. The predicted molar refractivity (Wildman–Crippen MR) is 106 cm³/mol. The lowest BCUT2D eigenvalue weighted by molar-refractivity contribution is -0.274. The van der Waals surface area contributed by atoms with Crippen LogP contribution in [0.5, 0.6) is 5.75 Å². The number of aryl methyl sites for hydroxylation is 1. The van der Waals surface area contributed by atoms with Gasteiger partial charge in [-0.05, 0) is 42.7 Å². The number of aromatic nitrogens is 1. The van der Waals surface area contributed by atoms with Crippen LogP contribution in [0, 0.1) is 5.92 Å². The van der Waals surface area contributed by atoms with Crippen molar-refractivity contribution >= 4 is 5.96 Å². The molecule has 1 atom stereocenters. The SMILES string of the molecule is CCNC(=NCc1ccn(C)c1)NCC(CO)Cc1ccc(OC(F)(F)F)cc1. The summed E-state index contributed by atoms with van der Waals surface area (Å²) in [6.45, 7) is 3.60. The van der Waals surface area contributed by atoms with E-state index in [0.717, 1.165) is 11.1 Å². The number of halogens is 3. The lowest BCUT2D eigenvalue weighted by Gasteiger charge is -2.18. The summed E-state index contributed by atoms with van der Waals surface area (Å²) < 4.78 is 42.5. The van der Waals surface area contributed by atoms with Gasteiger partial charge in [-0.15, -0.1) is 13.2 Å². The van der Waals surface area contributed by atoms with Gasteiger partial charge in [0.15, 0.2) is 5.96 Å². The van der Waals surface area contributed by atoms with Gasteiger partial charge >= 0.3 is 6.36 Å². The third-order valence-electron chi connectivity index (χ3n) is 4.15. The summed E-state index contributed by atoms with van der Waals surface area (Å²) in [5.41, 5.74) is 1.90. The summed E-state index contributed by atoms with van der Waals surface area (Å²) >= 11 is 0. The molecule has 1 aromatic heterocycles. The van der Waals surface area contributed by atoms with Crippen LogP contribution in [0.3, 0.4) is 0 Å². The molecule has 9 heteroatoms. The molecule has 1 heterocycles. The summed E-state index contributed by atoms with van der Waals surface area (Å²) in [5, 5.41) is 16.0. The molecule has 0 amide bonds. The van der Waals surface area contributed by atoms with Crippen LogP contribution in [-0.4, -0.2) is 41.7 Å². The number of nitrogens with zero attached hydrogens (tertiary/aromatic N) is 2. The summed E-state index contributed by atoms with van der Waals surface area (Å²) in [4.78, 5) is 4.53. The minimum atomic E-state index is -4.71. The fourth-order valence-corrected chi connectivity index (χ4v) is 2.77. The molecule has 0 aliphatic rings. The molecule has 160 valence electrons. The van der Waals surface area contributed by atoms with E-state index < -0.39 is 6.36 Å². The van der Waals surface area contributed by atoms with Crippen LogP contribution in [0.2, 0.25) is 0 Å². The van der Waals surface area contributed by atoms with Gasteiger partial charge in [0.05, 0.1) is 6.54 Å². The first-order valence-electron chi connectivity index (χ1n) is 9.37. The van der Waals surface area contributed by atoms with Gasteiger partial charge in [0.1, 0.15) is 5.75 Å². The van der Waals surface area contributed by atoms with Crippen LogP contribution in [0.4, 0.5) is 13.2 Å². The van der Waals surface area contributed by atoms with E-state index in [4.69, 9.17) is 0 Å². The Labute approximate surface area is 168 Å². The second kappa shape index (κ2) is 10.8. The second-order valence-electron chi connectivity index (χ2n) is 6.71. The Morgan fingerprint density at radius 2 is 1.90 bits per heavy atom. The summed E-state index contributed by atoms with van der Waals surface area (Å²) in [6.07, 6.45) is -0.248. The van der Waals surface area contributed by atoms with Gasteiger partial charge < -0.3 is 25.0 Å². The fraction of sp³-hybridized carbons (Fsp3) is 0.450.